The second kappa shape index (κ2) is 6.78. The van der Waals surface area contributed by atoms with Gasteiger partial charge in [0.1, 0.15) is 5.82 Å². The number of pyridine rings is 1. The minimum atomic E-state index is 0.608. The fraction of sp³-hybridized carbons (Fsp3) is 0.722. The summed E-state index contributed by atoms with van der Waals surface area (Å²) in [6.45, 7) is 9.41. The highest BCUT2D eigenvalue weighted by atomic mass is 15.2. The molecule has 0 spiro atoms. The van der Waals surface area contributed by atoms with Crippen molar-refractivity contribution in [2.24, 2.45) is 0 Å². The largest absolute Gasteiger partial charge is 0.357 e. The van der Waals surface area contributed by atoms with E-state index in [-0.39, 0.29) is 0 Å². The maximum absolute atomic E-state index is 4.78. The highest BCUT2D eigenvalue weighted by molar-refractivity contribution is 5.45. The molecule has 1 atom stereocenters. The van der Waals surface area contributed by atoms with Gasteiger partial charge in [-0.1, -0.05) is 13.3 Å². The molecule has 0 amide bonds. The summed E-state index contributed by atoms with van der Waals surface area (Å²) in [6, 6.07) is 2.92. The highest BCUT2D eigenvalue weighted by Crippen LogP contribution is 2.34. The number of hydrogen-bond donors (Lipinski definition) is 0. The molecule has 2 aliphatic heterocycles. The third-order valence-corrected chi connectivity index (χ3v) is 5.09. The SMILES string of the molecule is CCCCN1CCC[C@H]1c1cnc(N2CCCC2)cc1C. The lowest BCUT2D eigenvalue weighted by atomic mass is 10.0. The lowest BCUT2D eigenvalue weighted by Crippen LogP contribution is -2.25. The molecule has 0 unspecified atom stereocenters. The summed E-state index contributed by atoms with van der Waals surface area (Å²) in [5, 5.41) is 0. The van der Waals surface area contributed by atoms with Crippen LogP contribution in [-0.4, -0.2) is 36.1 Å². The van der Waals surface area contributed by atoms with E-state index in [2.05, 4.69) is 35.9 Å². The molecule has 0 saturated carbocycles. The summed E-state index contributed by atoms with van der Waals surface area (Å²) in [5.41, 5.74) is 2.90. The molecular formula is C18H29N3. The molecule has 0 radical (unpaired) electrons. The van der Waals surface area contributed by atoms with Crippen molar-refractivity contribution in [1.82, 2.24) is 9.88 Å². The average Bonchev–Trinajstić information content (AvgIpc) is 3.16. The smallest absolute Gasteiger partial charge is 0.128 e. The molecule has 0 aromatic carbocycles. The van der Waals surface area contributed by atoms with E-state index < -0.39 is 0 Å². The van der Waals surface area contributed by atoms with Crippen LogP contribution >= 0.6 is 0 Å². The van der Waals surface area contributed by atoms with Crippen molar-refractivity contribution in [1.29, 1.82) is 0 Å². The van der Waals surface area contributed by atoms with Gasteiger partial charge in [-0.25, -0.2) is 4.98 Å². The Bertz CT molecular complexity index is 466. The Kier molecular flexibility index (Phi) is 4.79. The molecule has 0 aliphatic carbocycles. The van der Waals surface area contributed by atoms with Crippen molar-refractivity contribution in [3.63, 3.8) is 0 Å². The molecule has 116 valence electrons. The van der Waals surface area contributed by atoms with Gasteiger partial charge in [-0.3, -0.25) is 4.90 Å². The normalized spacial score (nSPS) is 23.1. The molecule has 1 aromatic heterocycles. The predicted octanol–water partition coefficient (Wildman–Crippen LogP) is 3.93. The Labute approximate surface area is 129 Å². The Hall–Kier alpha value is -1.09. The zero-order chi connectivity index (χ0) is 14.7. The minimum Gasteiger partial charge on any atom is -0.357 e. The molecule has 2 aliphatic rings. The molecule has 0 N–H and O–H groups in total. The standard InChI is InChI=1S/C18H29N3/c1-3-4-9-20-12-7-8-17(20)16-14-19-18(13-15(16)2)21-10-5-6-11-21/h13-14,17H,3-12H2,1-2H3/t17-/m0/s1. The number of unbranched alkanes of at least 4 members (excludes halogenated alkanes) is 1. The van der Waals surface area contributed by atoms with Crippen LogP contribution < -0.4 is 4.90 Å². The van der Waals surface area contributed by atoms with E-state index >= 15 is 0 Å². The summed E-state index contributed by atoms with van der Waals surface area (Å²) in [5.74, 6) is 1.19. The van der Waals surface area contributed by atoms with Gasteiger partial charge in [-0.2, -0.15) is 0 Å². The van der Waals surface area contributed by atoms with Crippen molar-refractivity contribution in [3.8, 4) is 0 Å². The van der Waals surface area contributed by atoms with Gasteiger partial charge in [0.25, 0.3) is 0 Å². The van der Waals surface area contributed by atoms with Crippen LogP contribution in [0.2, 0.25) is 0 Å². The lowest BCUT2D eigenvalue weighted by molar-refractivity contribution is 0.252. The van der Waals surface area contributed by atoms with Gasteiger partial charge in [0.05, 0.1) is 0 Å². The van der Waals surface area contributed by atoms with Crippen LogP contribution in [0.5, 0.6) is 0 Å². The Balaban J connectivity index is 1.75. The van der Waals surface area contributed by atoms with Crippen LogP contribution in [0.15, 0.2) is 12.3 Å². The summed E-state index contributed by atoms with van der Waals surface area (Å²) in [7, 11) is 0. The molecule has 0 bridgehead atoms. The van der Waals surface area contributed by atoms with Crippen LogP contribution in [0.3, 0.4) is 0 Å². The maximum Gasteiger partial charge on any atom is 0.128 e. The molecule has 2 saturated heterocycles. The molecule has 21 heavy (non-hydrogen) atoms. The van der Waals surface area contributed by atoms with E-state index in [4.69, 9.17) is 4.98 Å². The van der Waals surface area contributed by atoms with E-state index in [0.29, 0.717) is 6.04 Å². The molecule has 3 rings (SSSR count). The van der Waals surface area contributed by atoms with Crippen LogP contribution in [0.4, 0.5) is 5.82 Å². The first-order valence-electron chi connectivity index (χ1n) is 8.75. The topological polar surface area (TPSA) is 19.4 Å². The van der Waals surface area contributed by atoms with Gasteiger partial charge >= 0.3 is 0 Å². The number of nitrogens with zero attached hydrogens (tertiary/aromatic N) is 3. The van der Waals surface area contributed by atoms with E-state index in [9.17, 15) is 0 Å². The number of hydrogen-bond acceptors (Lipinski definition) is 3. The second-order valence-corrected chi connectivity index (χ2v) is 6.64. The molecule has 3 heteroatoms. The molecule has 2 fully saturated rings. The van der Waals surface area contributed by atoms with Crippen molar-refractivity contribution < 1.29 is 0 Å². The van der Waals surface area contributed by atoms with Crippen molar-refractivity contribution in [2.45, 2.75) is 58.4 Å². The first kappa shape index (κ1) is 14.8. The van der Waals surface area contributed by atoms with Crippen molar-refractivity contribution in [2.75, 3.05) is 31.1 Å². The minimum absolute atomic E-state index is 0.608. The first-order chi connectivity index (χ1) is 10.3. The van der Waals surface area contributed by atoms with Gasteiger partial charge in [0.15, 0.2) is 0 Å². The molecule has 3 nitrogen and oxygen atoms in total. The Morgan fingerprint density at radius 1 is 1.19 bits per heavy atom. The van der Waals surface area contributed by atoms with Gasteiger partial charge in [0.2, 0.25) is 0 Å². The van der Waals surface area contributed by atoms with E-state index in [0.717, 1.165) is 0 Å². The number of aryl methyl sites for hydroxylation is 1. The van der Waals surface area contributed by atoms with Crippen LogP contribution in [0.1, 0.15) is 62.6 Å². The zero-order valence-corrected chi connectivity index (χ0v) is 13.6. The van der Waals surface area contributed by atoms with Gasteiger partial charge in [-0.15, -0.1) is 0 Å². The molecule has 3 heterocycles. The first-order valence-corrected chi connectivity index (χ1v) is 8.75. The van der Waals surface area contributed by atoms with Gasteiger partial charge in [0, 0.05) is 25.3 Å². The van der Waals surface area contributed by atoms with Crippen LogP contribution in [0.25, 0.3) is 0 Å². The van der Waals surface area contributed by atoms with E-state index in [1.54, 1.807) is 0 Å². The third-order valence-electron chi connectivity index (χ3n) is 5.09. The number of anilines is 1. The zero-order valence-electron chi connectivity index (χ0n) is 13.6. The fourth-order valence-corrected chi connectivity index (χ4v) is 3.83. The summed E-state index contributed by atoms with van der Waals surface area (Å²) < 4.78 is 0. The quantitative estimate of drug-likeness (QED) is 0.818. The van der Waals surface area contributed by atoms with Gasteiger partial charge in [-0.05, 0) is 69.3 Å². The fourth-order valence-electron chi connectivity index (χ4n) is 3.83. The monoisotopic (exact) mass is 287 g/mol. The van der Waals surface area contributed by atoms with E-state index in [1.807, 2.05) is 0 Å². The average molecular weight is 287 g/mol. The number of likely N-dealkylation sites (tertiary alicyclic amines) is 1. The number of aromatic nitrogens is 1. The Morgan fingerprint density at radius 3 is 2.71 bits per heavy atom. The summed E-state index contributed by atoms with van der Waals surface area (Å²) in [6.07, 6.45) is 10.0. The summed E-state index contributed by atoms with van der Waals surface area (Å²) >= 11 is 0. The Morgan fingerprint density at radius 2 is 2.00 bits per heavy atom. The highest BCUT2D eigenvalue weighted by Gasteiger charge is 2.27. The van der Waals surface area contributed by atoms with Gasteiger partial charge < -0.3 is 4.90 Å². The predicted molar refractivity (Wildman–Crippen MR) is 88.9 cm³/mol. The maximum atomic E-state index is 4.78. The van der Waals surface area contributed by atoms with Crippen LogP contribution in [0, 0.1) is 6.92 Å². The molecular weight excluding hydrogens is 258 g/mol. The lowest BCUT2D eigenvalue weighted by Gasteiger charge is -2.26. The number of rotatable bonds is 5. The van der Waals surface area contributed by atoms with Crippen molar-refractivity contribution in [3.05, 3.63) is 23.4 Å². The third kappa shape index (κ3) is 3.23. The van der Waals surface area contributed by atoms with E-state index in [1.165, 1.54) is 81.6 Å². The van der Waals surface area contributed by atoms with Crippen LogP contribution in [-0.2, 0) is 0 Å². The summed E-state index contributed by atoms with van der Waals surface area (Å²) in [4.78, 5) is 9.88. The van der Waals surface area contributed by atoms with Crippen molar-refractivity contribution >= 4 is 5.82 Å². The molecule has 1 aromatic rings. The second-order valence-electron chi connectivity index (χ2n) is 6.64.